The predicted octanol–water partition coefficient (Wildman–Crippen LogP) is 0.621. The van der Waals surface area contributed by atoms with Crippen molar-refractivity contribution in [2.45, 2.75) is 24.7 Å². The molecule has 1 aromatic carbocycles. The van der Waals surface area contributed by atoms with E-state index in [-0.39, 0.29) is 30.1 Å². The number of carboxylic acids is 1. The molecule has 1 rings (SSSR count). The third kappa shape index (κ3) is 8.35. The fourth-order valence-corrected chi connectivity index (χ4v) is 1.54. The first-order valence-corrected chi connectivity index (χ1v) is 7.08. The van der Waals surface area contributed by atoms with Crippen LogP contribution in [0.5, 0.6) is 0 Å². The van der Waals surface area contributed by atoms with Crippen LogP contribution in [0, 0.1) is 6.92 Å². The van der Waals surface area contributed by atoms with Crippen molar-refractivity contribution in [3.8, 4) is 0 Å². The molecule has 0 aromatic heterocycles. The summed E-state index contributed by atoms with van der Waals surface area (Å²) < 4.78 is 29.6. The third-order valence-electron chi connectivity index (χ3n) is 2.16. The Morgan fingerprint density at radius 2 is 1.65 bits per heavy atom. The zero-order valence-corrected chi connectivity index (χ0v) is 11.8. The van der Waals surface area contributed by atoms with Gasteiger partial charge in [-0.2, -0.15) is 8.42 Å². The molecule has 0 radical (unpaired) electrons. The topological polar surface area (TPSA) is 135 Å². The second-order valence-corrected chi connectivity index (χ2v) is 5.35. The molecule has 0 saturated heterocycles. The maximum absolute atomic E-state index is 10.5. The minimum absolute atomic E-state index is 0.0475. The van der Waals surface area contributed by atoms with Gasteiger partial charge in [-0.1, -0.05) is 17.7 Å². The van der Waals surface area contributed by atoms with Crippen LogP contribution in [0.25, 0.3) is 0 Å². The Labute approximate surface area is 117 Å². The van der Waals surface area contributed by atoms with Crippen LogP contribution in [0.3, 0.4) is 0 Å². The van der Waals surface area contributed by atoms with Crippen LogP contribution in [0.4, 0.5) is 0 Å². The van der Waals surface area contributed by atoms with E-state index < -0.39 is 16.1 Å². The number of hydrogen-bond acceptors (Lipinski definition) is 5. The molecular weight excluding hydrogens is 286 g/mol. The van der Waals surface area contributed by atoms with Crippen LogP contribution in [0.2, 0.25) is 0 Å². The molecule has 0 spiro atoms. The molecule has 0 aliphatic carbocycles. The van der Waals surface area contributed by atoms with E-state index in [1.807, 2.05) is 6.92 Å². The van der Waals surface area contributed by atoms with Gasteiger partial charge < -0.3 is 10.8 Å². The Hall–Kier alpha value is -1.77. The lowest BCUT2D eigenvalue weighted by Gasteiger charge is -1.95. The number of aliphatic carboxylic acids is 1. The summed E-state index contributed by atoms with van der Waals surface area (Å²) in [4.78, 5) is 20.1. The summed E-state index contributed by atoms with van der Waals surface area (Å²) in [7, 11) is -4.02. The maximum atomic E-state index is 10.5. The molecule has 0 amide bonds. The van der Waals surface area contributed by atoms with Gasteiger partial charge in [0.1, 0.15) is 5.78 Å². The molecule has 0 bridgehead atoms. The largest absolute Gasteiger partial charge is 0.481 e. The molecule has 0 aliphatic heterocycles. The highest BCUT2D eigenvalue weighted by Gasteiger charge is 2.06. The Kier molecular flexibility index (Phi) is 7.67. The average Bonchev–Trinajstić information content (AvgIpc) is 2.36. The van der Waals surface area contributed by atoms with Crippen LogP contribution >= 0.6 is 0 Å². The number of aryl methyl sites for hydroxylation is 1. The summed E-state index contributed by atoms with van der Waals surface area (Å²) in [6, 6.07) is 5.99. The summed E-state index contributed by atoms with van der Waals surface area (Å²) in [6.07, 6.45) is -0.0676. The van der Waals surface area contributed by atoms with Crippen LogP contribution < -0.4 is 5.73 Å². The highest BCUT2D eigenvalue weighted by Crippen LogP contribution is 2.08. The van der Waals surface area contributed by atoms with Gasteiger partial charge in [0, 0.05) is 6.42 Å². The van der Waals surface area contributed by atoms with E-state index in [0.717, 1.165) is 5.56 Å². The van der Waals surface area contributed by atoms with Crippen molar-refractivity contribution in [1.29, 1.82) is 0 Å². The molecule has 7 nitrogen and oxygen atoms in total. The number of benzene rings is 1. The zero-order valence-electron chi connectivity index (χ0n) is 10.9. The molecular formula is C12H17NO6S. The number of carbonyl (C=O) groups excluding carboxylic acids is 1. The summed E-state index contributed by atoms with van der Waals surface area (Å²) >= 11 is 0. The van der Waals surface area contributed by atoms with Gasteiger partial charge in [0.15, 0.2) is 0 Å². The summed E-state index contributed by atoms with van der Waals surface area (Å²) in [5.74, 6) is -1.17. The predicted molar refractivity (Wildman–Crippen MR) is 71.9 cm³/mol. The zero-order chi connectivity index (χ0) is 15.8. The number of Topliss-reactive ketones (excluding diaryl/α,β-unsaturated/α-hetero) is 1. The Bertz CT molecular complexity index is 550. The van der Waals surface area contributed by atoms with Crippen molar-refractivity contribution in [3.63, 3.8) is 0 Å². The van der Waals surface area contributed by atoms with E-state index >= 15 is 0 Å². The number of carbonyl (C=O) groups is 2. The van der Waals surface area contributed by atoms with E-state index in [1.54, 1.807) is 12.1 Å². The van der Waals surface area contributed by atoms with Gasteiger partial charge in [-0.3, -0.25) is 14.1 Å². The molecule has 8 heteroatoms. The van der Waals surface area contributed by atoms with Gasteiger partial charge in [0.05, 0.1) is 17.9 Å². The molecule has 20 heavy (non-hydrogen) atoms. The first-order valence-electron chi connectivity index (χ1n) is 5.64. The number of carboxylic acid groups (broad SMARTS) is 1. The van der Waals surface area contributed by atoms with Gasteiger partial charge in [0.2, 0.25) is 0 Å². The Morgan fingerprint density at radius 3 is 2.00 bits per heavy atom. The second kappa shape index (κ2) is 8.41. The van der Waals surface area contributed by atoms with Crippen molar-refractivity contribution in [3.05, 3.63) is 29.8 Å². The summed E-state index contributed by atoms with van der Waals surface area (Å²) in [6.45, 7) is 1.78. The molecule has 0 aliphatic rings. The van der Waals surface area contributed by atoms with E-state index in [2.05, 4.69) is 0 Å². The highest BCUT2D eigenvalue weighted by molar-refractivity contribution is 7.85. The molecule has 0 atom stereocenters. The minimum atomic E-state index is -4.02. The fourth-order valence-electron chi connectivity index (χ4n) is 1.06. The Morgan fingerprint density at radius 1 is 1.15 bits per heavy atom. The third-order valence-corrected chi connectivity index (χ3v) is 3.03. The van der Waals surface area contributed by atoms with Gasteiger partial charge in [-0.05, 0) is 19.1 Å². The van der Waals surface area contributed by atoms with E-state index in [9.17, 15) is 18.0 Å². The lowest BCUT2D eigenvalue weighted by Crippen LogP contribution is -2.14. The maximum Gasteiger partial charge on any atom is 0.303 e. The lowest BCUT2D eigenvalue weighted by molar-refractivity contribution is -0.138. The quantitative estimate of drug-likeness (QED) is 0.678. The fraction of sp³-hybridized carbons (Fsp3) is 0.333. The molecule has 0 unspecified atom stereocenters. The Balaban J connectivity index is 0.000000370. The average molecular weight is 303 g/mol. The standard InChI is InChI=1S/C7H8O3S.C5H9NO3/c1-6-2-4-7(5-3-6)11(8,9)10;6-3-4(7)1-2-5(8)9/h2-5H,1H3,(H,8,9,10);1-3,6H2,(H,8,9). The van der Waals surface area contributed by atoms with E-state index in [4.69, 9.17) is 15.4 Å². The van der Waals surface area contributed by atoms with Crippen molar-refractivity contribution in [1.82, 2.24) is 0 Å². The number of nitrogens with two attached hydrogens (primary N) is 1. The molecule has 1 aromatic rings. The number of rotatable bonds is 5. The van der Waals surface area contributed by atoms with Gasteiger partial charge >= 0.3 is 5.97 Å². The van der Waals surface area contributed by atoms with Crippen LogP contribution in [0.1, 0.15) is 18.4 Å². The SMILES string of the molecule is Cc1ccc(S(=O)(=O)O)cc1.NCC(=O)CCC(=O)O. The van der Waals surface area contributed by atoms with Gasteiger partial charge in [-0.25, -0.2) is 0 Å². The summed E-state index contributed by atoms with van der Waals surface area (Å²) in [5.41, 5.74) is 5.87. The van der Waals surface area contributed by atoms with Crippen molar-refractivity contribution in [2.24, 2.45) is 5.73 Å². The van der Waals surface area contributed by atoms with Gasteiger partial charge in [0.25, 0.3) is 10.1 Å². The van der Waals surface area contributed by atoms with Crippen LogP contribution in [-0.4, -0.2) is 36.4 Å². The van der Waals surface area contributed by atoms with E-state index in [0.29, 0.717) is 0 Å². The smallest absolute Gasteiger partial charge is 0.303 e. The molecule has 0 fully saturated rings. The lowest BCUT2D eigenvalue weighted by atomic mass is 10.2. The first-order chi connectivity index (χ1) is 9.16. The number of hydrogen-bond donors (Lipinski definition) is 3. The normalized spacial score (nSPS) is 10.3. The van der Waals surface area contributed by atoms with Gasteiger partial charge in [-0.15, -0.1) is 0 Å². The minimum Gasteiger partial charge on any atom is -0.481 e. The molecule has 112 valence electrons. The van der Waals surface area contributed by atoms with Crippen molar-refractivity contribution >= 4 is 21.9 Å². The molecule has 0 heterocycles. The van der Waals surface area contributed by atoms with E-state index in [1.165, 1.54) is 12.1 Å². The first kappa shape index (κ1) is 18.2. The summed E-state index contributed by atoms with van der Waals surface area (Å²) in [5, 5.41) is 8.06. The van der Waals surface area contributed by atoms with Crippen molar-refractivity contribution < 1.29 is 27.7 Å². The number of ketones is 1. The molecule has 0 saturated carbocycles. The highest BCUT2D eigenvalue weighted by atomic mass is 32.2. The van der Waals surface area contributed by atoms with Crippen LogP contribution in [-0.2, 0) is 19.7 Å². The molecule has 4 N–H and O–H groups in total. The van der Waals surface area contributed by atoms with Crippen molar-refractivity contribution in [2.75, 3.05) is 6.54 Å². The second-order valence-electron chi connectivity index (χ2n) is 3.92. The van der Waals surface area contributed by atoms with Crippen LogP contribution in [0.15, 0.2) is 29.2 Å². The monoisotopic (exact) mass is 303 g/mol.